The Hall–Kier alpha value is -1.51. The van der Waals surface area contributed by atoms with Crippen LogP contribution in [0.4, 0.5) is 0 Å². The highest BCUT2D eigenvalue weighted by Crippen LogP contribution is 2.41. The van der Waals surface area contributed by atoms with Crippen LogP contribution in [0.3, 0.4) is 0 Å². The summed E-state index contributed by atoms with van der Waals surface area (Å²) in [7, 11) is 0. The summed E-state index contributed by atoms with van der Waals surface area (Å²) in [5, 5.41) is 20.4. The summed E-state index contributed by atoms with van der Waals surface area (Å²) in [6, 6.07) is 0. The second-order valence-corrected chi connectivity index (χ2v) is 7.89. The zero-order chi connectivity index (χ0) is 19.4. The lowest BCUT2D eigenvalue weighted by molar-refractivity contribution is -0.479. The van der Waals surface area contributed by atoms with Gasteiger partial charge >= 0.3 is 5.97 Å². The van der Waals surface area contributed by atoms with Crippen molar-refractivity contribution in [2.24, 2.45) is 0 Å². The normalized spacial score (nSPS) is 26.1. The number of aliphatic hydroxyl groups is 1. The molecule has 0 aromatic carbocycles. The summed E-state index contributed by atoms with van der Waals surface area (Å²) < 4.78 is 17.4. The summed E-state index contributed by atoms with van der Waals surface area (Å²) in [6.45, 7) is 4.57. The van der Waals surface area contributed by atoms with Crippen LogP contribution in [0.5, 0.6) is 0 Å². The number of nitro groups is 1. The van der Waals surface area contributed by atoms with Gasteiger partial charge in [0.05, 0.1) is 6.61 Å². The molecule has 2 aliphatic rings. The fraction of sp³-hybridized carbons (Fsp3) is 0.833. The van der Waals surface area contributed by atoms with Crippen LogP contribution in [0.25, 0.3) is 0 Å². The van der Waals surface area contributed by atoms with E-state index < -0.39 is 34.5 Å². The van der Waals surface area contributed by atoms with E-state index in [1.54, 1.807) is 20.8 Å². The van der Waals surface area contributed by atoms with Crippen molar-refractivity contribution in [2.75, 3.05) is 13.2 Å². The van der Waals surface area contributed by atoms with Gasteiger partial charge < -0.3 is 19.3 Å². The summed E-state index contributed by atoms with van der Waals surface area (Å²) >= 11 is 0. The molecule has 0 radical (unpaired) electrons. The van der Waals surface area contributed by atoms with Crippen molar-refractivity contribution in [1.29, 1.82) is 0 Å². The maximum absolute atomic E-state index is 12.4. The molecule has 148 valence electrons. The highest BCUT2D eigenvalue weighted by Gasteiger charge is 2.47. The van der Waals surface area contributed by atoms with Gasteiger partial charge in [0.15, 0.2) is 5.79 Å². The van der Waals surface area contributed by atoms with Gasteiger partial charge in [-0.25, -0.2) is 4.79 Å². The zero-order valence-corrected chi connectivity index (χ0v) is 15.7. The van der Waals surface area contributed by atoms with Gasteiger partial charge in [-0.3, -0.25) is 10.1 Å². The smallest absolute Gasteiger partial charge is 0.334 e. The van der Waals surface area contributed by atoms with Crippen LogP contribution in [0.1, 0.15) is 59.3 Å². The van der Waals surface area contributed by atoms with Crippen molar-refractivity contribution < 1.29 is 29.0 Å². The topological polar surface area (TPSA) is 108 Å². The Morgan fingerprint density at radius 3 is 2.50 bits per heavy atom. The lowest BCUT2D eigenvalue weighted by Crippen LogP contribution is -2.33. The molecule has 1 N–H and O–H groups in total. The Balaban J connectivity index is 2.19. The van der Waals surface area contributed by atoms with Crippen molar-refractivity contribution in [1.82, 2.24) is 0 Å². The van der Waals surface area contributed by atoms with Crippen molar-refractivity contribution in [3.63, 3.8) is 0 Å². The van der Waals surface area contributed by atoms with E-state index in [1.165, 1.54) is 6.08 Å². The average molecular weight is 371 g/mol. The van der Waals surface area contributed by atoms with E-state index in [-0.39, 0.29) is 25.1 Å². The molecular weight excluding hydrogens is 342 g/mol. The SMILES string of the molecule is CC(C)(C)OC(=O)C(=CC1OC2(CCCCC2)OC1CO)CC[N+](=O)[O-]. The predicted octanol–water partition coefficient (Wildman–Crippen LogP) is 2.36. The first kappa shape index (κ1) is 20.8. The van der Waals surface area contributed by atoms with Gasteiger partial charge in [0.25, 0.3) is 0 Å². The largest absolute Gasteiger partial charge is 0.457 e. The molecule has 2 fully saturated rings. The van der Waals surface area contributed by atoms with Gasteiger partial charge in [-0.05, 0) is 39.7 Å². The maximum Gasteiger partial charge on any atom is 0.334 e. The minimum absolute atomic E-state index is 0.0626. The molecule has 0 bridgehead atoms. The molecule has 2 atom stereocenters. The first-order valence-corrected chi connectivity index (χ1v) is 9.16. The Morgan fingerprint density at radius 1 is 1.31 bits per heavy atom. The lowest BCUT2D eigenvalue weighted by atomic mass is 9.94. The van der Waals surface area contributed by atoms with Crippen LogP contribution in [-0.2, 0) is 19.0 Å². The number of rotatable bonds is 6. The highest BCUT2D eigenvalue weighted by atomic mass is 16.8. The molecule has 1 aliphatic heterocycles. The Kier molecular flexibility index (Phi) is 6.76. The molecular formula is C18H29NO7. The van der Waals surface area contributed by atoms with E-state index in [1.807, 2.05) is 0 Å². The molecule has 1 aliphatic carbocycles. The summed E-state index contributed by atoms with van der Waals surface area (Å²) in [4.78, 5) is 22.7. The summed E-state index contributed by atoms with van der Waals surface area (Å²) in [5.74, 6) is -1.33. The molecule has 1 heterocycles. The standard InChI is InChI=1S/C18H29NO7/c1-17(2,3)26-16(21)13(7-10-19(22)23)11-14-15(12-20)25-18(24-14)8-5-4-6-9-18/h11,14-15,20H,4-10,12H2,1-3H3. The molecule has 0 amide bonds. The van der Waals surface area contributed by atoms with Gasteiger partial charge in [-0.1, -0.05) is 6.42 Å². The van der Waals surface area contributed by atoms with E-state index in [9.17, 15) is 20.0 Å². The fourth-order valence-electron chi connectivity index (χ4n) is 3.31. The van der Waals surface area contributed by atoms with Gasteiger partial charge in [0.1, 0.15) is 17.8 Å². The molecule has 0 aromatic heterocycles. The Morgan fingerprint density at radius 2 is 1.96 bits per heavy atom. The third-order valence-corrected chi connectivity index (χ3v) is 4.47. The van der Waals surface area contributed by atoms with E-state index in [4.69, 9.17) is 14.2 Å². The monoisotopic (exact) mass is 371 g/mol. The summed E-state index contributed by atoms with van der Waals surface area (Å²) in [5.41, 5.74) is -0.532. The molecule has 26 heavy (non-hydrogen) atoms. The minimum Gasteiger partial charge on any atom is -0.457 e. The number of carbonyl (C=O) groups excluding carboxylic acids is 1. The van der Waals surface area contributed by atoms with Crippen LogP contribution in [0.2, 0.25) is 0 Å². The van der Waals surface area contributed by atoms with Crippen molar-refractivity contribution in [3.05, 3.63) is 21.8 Å². The van der Waals surface area contributed by atoms with Crippen molar-refractivity contribution in [2.45, 2.75) is 82.9 Å². The molecule has 1 spiro atoms. The molecule has 1 saturated carbocycles. The summed E-state index contributed by atoms with van der Waals surface area (Å²) in [6.07, 6.45) is 4.80. The number of ether oxygens (including phenoxy) is 3. The minimum atomic E-state index is -0.727. The Bertz CT molecular complexity index is 546. The van der Waals surface area contributed by atoms with Crippen LogP contribution in [0.15, 0.2) is 11.6 Å². The quantitative estimate of drug-likeness (QED) is 0.330. The zero-order valence-electron chi connectivity index (χ0n) is 15.7. The van der Waals surface area contributed by atoms with Crippen LogP contribution in [-0.4, -0.2) is 52.7 Å². The molecule has 0 aromatic rings. The van der Waals surface area contributed by atoms with Gasteiger partial charge in [-0.15, -0.1) is 0 Å². The van der Waals surface area contributed by atoms with Crippen LogP contribution in [0, 0.1) is 10.1 Å². The number of carbonyl (C=O) groups is 1. The second kappa shape index (κ2) is 8.45. The van der Waals surface area contributed by atoms with Gasteiger partial charge in [-0.2, -0.15) is 0 Å². The molecule has 8 nitrogen and oxygen atoms in total. The van der Waals surface area contributed by atoms with E-state index in [2.05, 4.69) is 0 Å². The molecule has 2 rings (SSSR count). The third kappa shape index (κ3) is 5.75. The first-order valence-electron chi connectivity index (χ1n) is 9.16. The lowest BCUT2D eigenvalue weighted by Gasteiger charge is -2.31. The third-order valence-electron chi connectivity index (χ3n) is 4.47. The highest BCUT2D eigenvalue weighted by molar-refractivity contribution is 5.88. The average Bonchev–Trinajstić information content (AvgIpc) is 2.87. The second-order valence-electron chi connectivity index (χ2n) is 7.89. The number of esters is 1. The van der Waals surface area contributed by atoms with E-state index >= 15 is 0 Å². The van der Waals surface area contributed by atoms with Crippen LogP contribution >= 0.6 is 0 Å². The fourth-order valence-corrected chi connectivity index (χ4v) is 3.31. The number of hydrogen-bond acceptors (Lipinski definition) is 7. The van der Waals surface area contributed by atoms with Crippen LogP contribution < -0.4 is 0 Å². The predicted molar refractivity (Wildman–Crippen MR) is 93.1 cm³/mol. The van der Waals surface area contributed by atoms with Crippen molar-refractivity contribution in [3.8, 4) is 0 Å². The molecule has 8 heteroatoms. The molecule has 1 saturated heterocycles. The maximum atomic E-state index is 12.4. The molecule has 2 unspecified atom stereocenters. The van der Waals surface area contributed by atoms with E-state index in [0.29, 0.717) is 0 Å². The Labute approximate surface area is 153 Å². The first-order chi connectivity index (χ1) is 12.1. The van der Waals surface area contributed by atoms with Gasteiger partial charge in [0.2, 0.25) is 6.54 Å². The van der Waals surface area contributed by atoms with Crippen molar-refractivity contribution >= 4 is 5.97 Å². The number of hydrogen-bond donors (Lipinski definition) is 1. The number of aliphatic hydroxyl groups excluding tert-OH is 1. The van der Waals surface area contributed by atoms with Gasteiger partial charge in [0, 0.05) is 29.8 Å². The number of nitrogens with zero attached hydrogens (tertiary/aromatic N) is 1. The van der Waals surface area contributed by atoms with E-state index in [0.717, 1.165) is 32.1 Å².